The number of piperazine rings is 1. The SMILES string of the molecule is CN(Cc1ccc(C#N)c(F)c1)C1CN(C(=O)N2CCN(S(C)(=O)=O)CC2)C[C@@H]1c1ccc(Cl)c(Cl)c1. The van der Waals surface area contributed by atoms with Gasteiger partial charge in [0, 0.05) is 57.8 Å². The largest absolute Gasteiger partial charge is 0.322 e. The zero-order valence-corrected chi connectivity index (χ0v) is 22.9. The molecule has 2 heterocycles. The molecule has 2 atom stereocenters. The fraction of sp³-hybridized carbons (Fsp3) is 0.440. The first-order chi connectivity index (χ1) is 17.5. The molecule has 8 nitrogen and oxygen atoms in total. The summed E-state index contributed by atoms with van der Waals surface area (Å²) >= 11 is 12.4. The van der Waals surface area contributed by atoms with Crippen LogP contribution in [0.1, 0.15) is 22.6 Å². The predicted octanol–water partition coefficient (Wildman–Crippen LogP) is 3.60. The van der Waals surface area contributed by atoms with Gasteiger partial charge in [0.15, 0.2) is 0 Å². The third kappa shape index (κ3) is 6.19. The van der Waals surface area contributed by atoms with Gasteiger partial charge in [0.05, 0.1) is 21.9 Å². The van der Waals surface area contributed by atoms with Crippen LogP contribution in [0.2, 0.25) is 10.0 Å². The number of hydrogen-bond donors (Lipinski definition) is 0. The summed E-state index contributed by atoms with van der Waals surface area (Å²) in [6.07, 6.45) is 1.17. The Labute approximate surface area is 226 Å². The zero-order chi connectivity index (χ0) is 26.9. The van der Waals surface area contributed by atoms with E-state index in [0.29, 0.717) is 48.3 Å². The molecule has 0 aliphatic carbocycles. The molecule has 2 aliphatic heterocycles. The molecular weight excluding hydrogens is 540 g/mol. The van der Waals surface area contributed by atoms with E-state index in [9.17, 15) is 17.6 Å². The van der Waals surface area contributed by atoms with Crippen LogP contribution in [-0.2, 0) is 16.6 Å². The number of carbonyl (C=O) groups excluding carboxylic acids is 1. The summed E-state index contributed by atoms with van der Waals surface area (Å²) in [7, 11) is -1.38. The molecular formula is C25H28Cl2FN5O3S. The van der Waals surface area contributed by atoms with E-state index in [1.54, 1.807) is 21.9 Å². The van der Waals surface area contributed by atoms with Crippen LogP contribution in [0, 0.1) is 17.1 Å². The van der Waals surface area contributed by atoms with E-state index in [1.807, 2.05) is 25.2 Å². The number of amides is 2. The van der Waals surface area contributed by atoms with Crippen LogP contribution < -0.4 is 0 Å². The molecule has 0 N–H and O–H groups in total. The van der Waals surface area contributed by atoms with Crippen LogP contribution >= 0.6 is 23.2 Å². The maximum absolute atomic E-state index is 14.2. The molecule has 12 heteroatoms. The van der Waals surface area contributed by atoms with Crippen LogP contribution in [0.3, 0.4) is 0 Å². The van der Waals surface area contributed by atoms with Crippen molar-refractivity contribution in [1.82, 2.24) is 19.0 Å². The summed E-state index contributed by atoms with van der Waals surface area (Å²) in [4.78, 5) is 19.0. The Morgan fingerprint density at radius 2 is 1.78 bits per heavy atom. The Morgan fingerprint density at radius 1 is 1.08 bits per heavy atom. The number of likely N-dealkylation sites (tertiary alicyclic amines) is 1. The minimum atomic E-state index is -3.30. The van der Waals surface area contributed by atoms with Crippen molar-refractivity contribution in [2.75, 3.05) is 52.6 Å². The lowest BCUT2D eigenvalue weighted by Gasteiger charge is -2.35. The Morgan fingerprint density at radius 3 is 2.38 bits per heavy atom. The Hall–Kier alpha value is -2.42. The minimum absolute atomic E-state index is 0.00584. The first kappa shape index (κ1) is 27.6. The Bertz CT molecular complexity index is 1330. The monoisotopic (exact) mass is 567 g/mol. The molecule has 2 fully saturated rings. The summed E-state index contributed by atoms with van der Waals surface area (Å²) in [6, 6.07) is 11.6. The van der Waals surface area contributed by atoms with Gasteiger partial charge in [-0.15, -0.1) is 0 Å². The molecule has 4 rings (SSSR count). The van der Waals surface area contributed by atoms with Crippen LogP contribution in [0.4, 0.5) is 9.18 Å². The fourth-order valence-electron chi connectivity index (χ4n) is 5.02. The lowest BCUT2D eigenvalue weighted by atomic mass is 9.93. The van der Waals surface area contributed by atoms with Crippen LogP contribution in [-0.4, -0.2) is 92.1 Å². The first-order valence-electron chi connectivity index (χ1n) is 11.8. The van der Waals surface area contributed by atoms with Crippen LogP contribution in [0.5, 0.6) is 0 Å². The molecule has 2 aliphatic rings. The second kappa shape index (κ2) is 11.1. The summed E-state index contributed by atoms with van der Waals surface area (Å²) in [5.41, 5.74) is 1.65. The summed E-state index contributed by atoms with van der Waals surface area (Å²) in [5.74, 6) is -0.643. The third-order valence-electron chi connectivity index (χ3n) is 7.06. The molecule has 2 aromatic rings. The molecule has 198 valence electrons. The maximum Gasteiger partial charge on any atom is 0.320 e. The number of sulfonamides is 1. The first-order valence-corrected chi connectivity index (χ1v) is 14.4. The molecule has 0 saturated carbocycles. The second-order valence-electron chi connectivity index (χ2n) is 9.53. The topological polar surface area (TPSA) is 88.0 Å². The van der Waals surface area contributed by atoms with Gasteiger partial charge in [-0.05, 0) is 42.4 Å². The van der Waals surface area contributed by atoms with Crippen molar-refractivity contribution in [3.05, 3.63) is 69.0 Å². The van der Waals surface area contributed by atoms with Gasteiger partial charge in [-0.25, -0.2) is 17.6 Å². The Balaban J connectivity index is 1.54. The lowest BCUT2D eigenvalue weighted by molar-refractivity contribution is 0.138. The van der Waals surface area contributed by atoms with Crippen molar-refractivity contribution in [2.24, 2.45) is 0 Å². The molecule has 2 saturated heterocycles. The molecule has 2 amide bonds. The predicted molar refractivity (Wildman–Crippen MR) is 141 cm³/mol. The Kier molecular flexibility index (Phi) is 8.31. The highest BCUT2D eigenvalue weighted by atomic mass is 35.5. The van der Waals surface area contributed by atoms with Gasteiger partial charge in [-0.1, -0.05) is 35.3 Å². The molecule has 0 aromatic heterocycles. The van der Waals surface area contributed by atoms with Gasteiger partial charge in [0.1, 0.15) is 11.9 Å². The summed E-state index contributed by atoms with van der Waals surface area (Å²) in [5, 5.41) is 9.88. The van der Waals surface area contributed by atoms with E-state index in [1.165, 1.54) is 22.7 Å². The van der Waals surface area contributed by atoms with Crippen molar-refractivity contribution >= 4 is 39.3 Å². The minimum Gasteiger partial charge on any atom is -0.322 e. The van der Waals surface area contributed by atoms with Gasteiger partial charge in [0.25, 0.3) is 0 Å². The van der Waals surface area contributed by atoms with Crippen molar-refractivity contribution in [1.29, 1.82) is 5.26 Å². The van der Waals surface area contributed by atoms with E-state index >= 15 is 0 Å². The number of hydrogen-bond acceptors (Lipinski definition) is 5. The van der Waals surface area contributed by atoms with Gasteiger partial charge in [-0.3, -0.25) is 4.90 Å². The van der Waals surface area contributed by atoms with Gasteiger partial charge < -0.3 is 9.80 Å². The van der Waals surface area contributed by atoms with Crippen molar-refractivity contribution in [3.8, 4) is 6.07 Å². The van der Waals surface area contributed by atoms with Gasteiger partial charge in [-0.2, -0.15) is 9.57 Å². The number of rotatable bonds is 5. The summed E-state index contributed by atoms with van der Waals surface area (Å²) in [6.45, 7) is 2.48. The molecule has 37 heavy (non-hydrogen) atoms. The highest BCUT2D eigenvalue weighted by molar-refractivity contribution is 7.88. The highest BCUT2D eigenvalue weighted by Crippen LogP contribution is 2.35. The maximum atomic E-state index is 14.2. The van der Waals surface area contributed by atoms with Crippen molar-refractivity contribution in [2.45, 2.75) is 18.5 Å². The number of benzene rings is 2. The van der Waals surface area contributed by atoms with E-state index in [0.717, 1.165) is 5.56 Å². The van der Waals surface area contributed by atoms with Crippen molar-refractivity contribution in [3.63, 3.8) is 0 Å². The normalized spacial score (nSPS) is 20.9. The molecule has 2 aromatic carbocycles. The number of halogens is 3. The number of urea groups is 1. The third-order valence-corrected chi connectivity index (χ3v) is 9.10. The van der Waals surface area contributed by atoms with Gasteiger partial charge >= 0.3 is 6.03 Å². The fourth-order valence-corrected chi connectivity index (χ4v) is 6.16. The lowest BCUT2D eigenvalue weighted by Crippen LogP contribution is -2.53. The summed E-state index contributed by atoms with van der Waals surface area (Å²) < 4.78 is 39.3. The van der Waals surface area contributed by atoms with E-state index in [2.05, 4.69) is 4.90 Å². The number of nitriles is 1. The molecule has 0 spiro atoms. The number of carbonyl (C=O) groups is 1. The number of nitrogens with zero attached hydrogens (tertiary/aromatic N) is 5. The highest BCUT2D eigenvalue weighted by Gasteiger charge is 2.40. The smallest absolute Gasteiger partial charge is 0.320 e. The van der Waals surface area contributed by atoms with Crippen molar-refractivity contribution < 1.29 is 17.6 Å². The average molecular weight is 569 g/mol. The van der Waals surface area contributed by atoms with E-state index in [4.69, 9.17) is 28.5 Å². The zero-order valence-electron chi connectivity index (χ0n) is 20.6. The average Bonchev–Trinajstić information content (AvgIpc) is 3.31. The molecule has 1 unspecified atom stereocenters. The molecule has 0 bridgehead atoms. The van der Waals surface area contributed by atoms with E-state index in [-0.39, 0.29) is 36.6 Å². The van der Waals surface area contributed by atoms with Crippen LogP contribution in [0.15, 0.2) is 36.4 Å². The quantitative estimate of drug-likeness (QED) is 0.550. The van der Waals surface area contributed by atoms with E-state index < -0.39 is 15.8 Å². The molecule has 0 radical (unpaired) electrons. The standard InChI is InChI=1S/C25H28Cl2FN5O3S/c1-30(14-17-3-4-19(13-29)23(28)11-17)24-16-32(15-20(24)18-5-6-21(26)22(27)12-18)25(34)31-7-9-33(10-8-31)37(2,35)36/h3-6,11-12,20,24H,7-10,14-16H2,1-2H3/t20-,24?/m1/s1. The van der Waals surface area contributed by atoms with Crippen LogP contribution in [0.25, 0.3) is 0 Å². The van der Waals surface area contributed by atoms with Gasteiger partial charge in [0.2, 0.25) is 10.0 Å². The number of likely N-dealkylation sites (N-methyl/N-ethyl adjacent to an activating group) is 1. The second-order valence-corrected chi connectivity index (χ2v) is 12.3.